The first-order valence-electron chi connectivity index (χ1n) is 10.3. The zero-order chi connectivity index (χ0) is 18.6. The van der Waals surface area contributed by atoms with Crippen LogP contribution in [0.15, 0.2) is 30.3 Å². The van der Waals surface area contributed by atoms with Crippen molar-refractivity contribution in [3.63, 3.8) is 0 Å². The maximum absolute atomic E-state index is 5.98. The molecule has 1 saturated heterocycles. The number of hydrogen-bond donors (Lipinski definition) is 0. The van der Waals surface area contributed by atoms with Gasteiger partial charge in [-0.25, -0.2) is 0 Å². The van der Waals surface area contributed by atoms with E-state index in [1.54, 1.807) is 0 Å². The summed E-state index contributed by atoms with van der Waals surface area (Å²) >= 11 is 0. The Kier molecular flexibility index (Phi) is 3.98. The van der Waals surface area contributed by atoms with Crippen molar-refractivity contribution in [2.75, 3.05) is 19.9 Å². The lowest BCUT2D eigenvalue weighted by Crippen LogP contribution is -2.46. The molecule has 5 rings (SSSR count). The molecular formula is C24H29NO2. The van der Waals surface area contributed by atoms with Crippen molar-refractivity contribution >= 4 is 0 Å². The van der Waals surface area contributed by atoms with Crippen LogP contribution < -0.4 is 9.47 Å². The standard InChI is InChI=1S/C24H29NO2/c1-16-8-4-5-9-19(16)18-13-20-22(17(2)12-21-23(20)27-15-26-21)24(3,14-18)25-10-6-7-11-25/h4-5,8-9,12,18H,6-7,10-11,13-15H2,1-3H3. The fraction of sp³-hybridized carbons (Fsp3) is 0.500. The van der Waals surface area contributed by atoms with Crippen molar-refractivity contribution in [3.8, 4) is 11.5 Å². The van der Waals surface area contributed by atoms with Gasteiger partial charge in [0.15, 0.2) is 11.5 Å². The second kappa shape index (κ2) is 6.27. The van der Waals surface area contributed by atoms with Crippen molar-refractivity contribution in [1.82, 2.24) is 4.90 Å². The van der Waals surface area contributed by atoms with Crippen molar-refractivity contribution in [2.24, 2.45) is 0 Å². The molecule has 0 N–H and O–H groups in total. The highest BCUT2D eigenvalue weighted by molar-refractivity contribution is 5.59. The van der Waals surface area contributed by atoms with Crippen molar-refractivity contribution in [1.29, 1.82) is 0 Å². The molecule has 0 radical (unpaired) electrons. The van der Waals surface area contributed by atoms with Crippen LogP contribution in [0.1, 0.15) is 59.9 Å². The van der Waals surface area contributed by atoms with Gasteiger partial charge in [0.25, 0.3) is 0 Å². The summed E-state index contributed by atoms with van der Waals surface area (Å²) < 4.78 is 11.7. The largest absolute Gasteiger partial charge is 0.454 e. The third-order valence-electron chi connectivity index (χ3n) is 7.02. The number of rotatable bonds is 2. The van der Waals surface area contributed by atoms with E-state index in [4.69, 9.17) is 9.47 Å². The lowest BCUT2D eigenvalue weighted by molar-refractivity contribution is 0.103. The molecule has 142 valence electrons. The average Bonchev–Trinajstić information content (AvgIpc) is 3.33. The monoisotopic (exact) mass is 363 g/mol. The van der Waals surface area contributed by atoms with Crippen LogP contribution in [0.4, 0.5) is 0 Å². The van der Waals surface area contributed by atoms with E-state index >= 15 is 0 Å². The second-order valence-electron chi connectivity index (χ2n) is 8.71. The molecule has 2 aromatic carbocycles. The van der Waals surface area contributed by atoms with E-state index in [0.29, 0.717) is 12.7 Å². The summed E-state index contributed by atoms with van der Waals surface area (Å²) in [5, 5.41) is 0. The first kappa shape index (κ1) is 17.1. The summed E-state index contributed by atoms with van der Waals surface area (Å²) in [5.74, 6) is 2.44. The molecule has 27 heavy (non-hydrogen) atoms. The van der Waals surface area contributed by atoms with Gasteiger partial charge in [0.2, 0.25) is 6.79 Å². The topological polar surface area (TPSA) is 21.7 Å². The van der Waals surface area contributed by atoms with E-state index in [-0.39, 0.29) is 5.54 Å². The summed E-state index contributed by atoms with van der Waals surface area (Å²) in [4.78, 5) is 2.73. The average molecular weight is 364 g/mol. The third kappa shape index (κ3) is 2.59. The minimum Gasteiger partial charge on any atom is -0.454 e. The highest BCUT2D eigenvalue weighted by Gasteiger charge is 2.45. The van der Waals surface area contributed by atoms with E-state index in [1.807, 2.05) is 0 Å². The molecular weight excluding hydrogens is 334 g/mol. The summed E-state index contributed by atoms with van der Waals surface area (Å²) in [5.41, 5.74) is 7.18. The Hall–Kier alpha value is -2.00. The molecule has 0 bridgehead atoms. The van der Waals surface area contributed by atoms with Gasteiger partial charge < -0.3 is 9.47 Å². The fourth-order valence-corrected chi connectivity index (χ4v) is 5.86. The summed E-state index contributed by atoms with van der Waals surface area (Å²) in [7, 11) is 0. The number of likely N-dealkylation sites (tertiary alicyclic amines) is 1. The molecule has 1 fully saturated rings. The van der Waals surface area contributed by atoms with E-state index in [0.717, 1.165) is 17.9 Å². The molecule has 3 heteroatoms. The molecule has 3 nitrogen and oxygen atoms in total. The minimum atomic E-state index is 0.0576. The van der Waals surface area contributed by atoms with Crippen molar-refractivity contribution in [3.05, 3.63) is 58.1 Å². The molecule has 2 unspecified atom stereocenters. The first-order valence-corrected chi connectivity index (χ1v) is 10.3. The molecule has 0 saturated carbocycles. The summed E-state index contributed by atoms with van der Waals surface area (Å²) in [6, 6.07) is 11.1. The predicted octanol–water partition coefficient (Wildman–Crippen LogP) is 5.07. The van der Waals surface area contributed by atoms with Gasteiger partial charge >= 0.3 is 0 Å². The zero-order valence-corrected chi connectivity index (χ0v) is 16.7. The molecule has 1 aliphatic carbocycles. The Morgan fingerprint density at radius 3 is 2.59 bits per heavy atom. The molecule has 2 aliphatic heterocycles. The molecule has 0 spiro atoms. The number of aryl methyl sites for hydroxylation is 2. The lowest BCUT2D eigenvalue weighted by atomic mass is 9.67. The molecule has 2 heterocycles. The van der Waals surface area contributed by atoms with Gasteiger partial charge in [-0.1, -0.05) is 24.3 Å². The van der Waals surface area contributed by atoms with E-state index < -0.39 is 0 Å². The van der Waals surface area contributed by atoms with Gasteiger partial charge in [0, 0.05) is 11.1 Å². The minimum absolute atomic E-state index is 0.0576. The lowest BCUT2D eigenvalue weighted by Gasteiger charge is -2.47. The Bertz CT molecular complexity index is 884. The molecule has 3 aliphatic rings. The van der Waals surface area contributed by atoms with Crippen LogP contribution in [0.2, 0.25) is 0 Å². The fourth-order valence-electron chi connectivity index (χ4n) is 5.86. The predicted molar refractivity (Wildman–Crippen MR) is 108 cm³/mol. The Morgan fingerprint density at radius 2 is 1.81 bits per heavy atom. The summed E-state index contributed by atoms with van der Waals surface area (Å²) in [6.07, 6.45) is 4.83. The van der Waals surface area contributed by atoms with Crippen LogP contribution in [0.3, 0.4) is 0 Å². The third-order valence-corrected chi connectivity index (χ3v) is 7.02. The van der Waals surface area contributed by atoms with Gasteiger partial charge in [-0.15, -0.1) is 0 Å². The van der Waals surface area contributed by atoms with Crippen molar-refractivity contribution in [2.45, 2.75) is 57.9 Å². The van der Waals surface area contributed by atoms with Gasteiger partial charge in [-0.2, -0.15) is 0 Å². The SMILES string of the molecule is Cc1ccccc1C1Cc2c3c(cc(C)c2C(C)(N2CCCC2)C1)OCO3. The number of ether oxygens (including phenoxy) is 2. The Balaban J connectivity index is 1.69. The Labute approximate surface area is 162 Å². The van der Waals surface area contributed by atoms with Gasteiger partial charge in [0.1, 0.15) is 0 Å². The normalized spacial score (nSPS) is 27.0. The van der Waals surface area contributed by atoms with Crippen molar-refractivity contribution < 1.29 is 9.47 Å². The van der Waals surface area contributed by atoms with E-state index in [9.17, 15) is 0 Å². The number of nitrogens with zero attached hydrogens (tertiary/aromatic N) is 1. The van der Waals surface area contributed by atoms with Crippen LogP contribution in [0.5, 0.6) is 11.5 Å². The van der Waals surface area contributed by atoms with Gasteiger partial charge in [0.05, 0.1) is 0 Å². The van der Waals surface area contributed by atoms with E-state index in [2.05, 4.69) is 56.0 Å². The quantitative estimate of drug-likeness (QED) is 0.743. The summed E-state index contributed by atoms with van der Waals surface area (Å²) in [6.45, 7) is 9.72. The van der Waals surface area contributed by atoms with Crippen LogP contribution in [0, 0.1) is 13.8 Å². The van der Waals surface area contributed by atoms with Crippen LogP contribution in [0.25, 0.3) is 0 Å². The second-order valence-corrected chi connectivity index (χ2v) is 8.71. The number of hydrogen-bond acceptors (Lipinski definition) is 3. The molecule has 0 amide bonds. The number of fused-ring (bicyclic) bond motifs is 3. The van der Waals surface area contributed by atoms with Gasteiger partial charge in [-0.05, 0) is 93.8 Å². The highest BCUT2D eigenvalue weighted by atomic mass is 16.7. The number of benzene rings is 2. The first-order chi connectivity index (χ1) is 13.1. The maximum atomic E-state index is 5.98. The van der Waals surface area contributed by atoms with Crippen LogP contribution in [-0.4, -0.2) is 24.8 Å². The van der Waals surface area contributed by atoms with Gasteiger partial charge in [-0.3, -0.25) is 4.90 Å². The van der Waals surface area contributed by atoms with Crippen LogP contribution in [-0.2, 0) is 12.0 Å². The molecule has 2 aromatic rings. The Morgan fingerprint density at radius 1 is 1.04 bits per heavy atom. The smallest absolute Gasteiger partial charge is 0.231 e. The molecule has 0 aromatic heterocycles. The van der Waals surface area contributed by atoms with E-state index in [1.165, 1.54) is 60.2 Å². The highest BCUT2D eigenvalue weighted by Crippen LogP contribution is 2.53. The maximum Gasteiger partial charge on any atom is 0.231 e. The molecule has 2 atom stereocenters. The van der Waals surface area contributed by atoms with Crippen LogP contribution >= 0.6 is 0 Å². The zero-order valence-electron chi connectivity index (χ0n) is 16.7.